The van der Waals surface area contributed by atoms with Crippen LogP contribution in [0.4, 0.5) is 19.1 Å². The van der Waals surface area contributed by atoms with Gasteiger partial charge in [0, 0.05) is 12.6 Å². The normalized spacial score (nSPS) is 11.2. The Labute approximate surface area is 121 Å². The van der Waals surface area contributed by atoms with Crippen molar-refractivity contribution in [2.45, 2.75) is 12.7 Å². The van der Waals surface area contributed by atoms with Crippen LogP contribution in [-0.2, 0) is 12.7 Å². The summed E-state index contributed by atoms with van der Waals surface area (Å²) in [7, 11) is 0. The highest BCUT2D eigenvalue weighted by molar-refractivity contribution is 5.87. The summed E-state index contributed by atoms with van der Waals surface area (Å²) in [6, 6.07) is 6.20. The molecule has 0 atom stereocenters. The summed E-state index contributed by atoms with van der Waals surface area (Å²) in [5.41, 5.74) is -1.69. The van der Waals surface area contributed by atoms with E-state index in [1.165, 1.54) is 18.2 Å². The topological polar surface area (TPSA) is 95.1 Å². The van der Waals surface area contributed by atoms with E-state index < -0.39 is 23.4 Å². The fraction of sp³-hybridized carbons (Fsp3) is 0.154. The van der Waals surface area contributed by atoms with Gasteiger partial charge in [0.15, 0.2) is 5.69 Å². The third-order valence-electron chi connectivity index (χ3n) is 2.67. The van der Waals surface area contributed by atoms with E-state index in [0.717, 1.165) is 0 Å². The first-order valence-electron chi connectivity index (χ1n) is 6.00. The van der Waals surface area contributed by atoms with Gasteiger partial charge in [0.25, 0.3) is 5.56 Å². The Bertz CT molecular complexity index is 756. The van der Waals surface area contributed by atoms with Gasteiger partial charge in [0.05, 0.1) is 5.56 Å². The van der Waals surface area contributed by atoms with Gasteiger partial charge in [-0.05, 0) is 17.7 Å². The van der Waals surface area contributed by atoms with Crippen LogP contribution in [0.2, 0.25) is 0 Å². The number of aromatic carboxylic acids is 1. The Morgan fingerprint density at radius 1 is 1.32 bits per heavy atom. The predicted molar refractivity (Wildman–Crippen MR) is 70.6 cm³/mol. The van der Waals surface area contributed by atoms with Crippen LogP contribution in [0.15, 0.2) is 35.1 Å². The summed E-state index contributed by atoms with van der Waals surface area (Å²) < 4.78 is 37.6. The van der Waals surface area contributed by atoms with Crippen molar-refractivity contribution in [2.24, 2.45) is 0 Å². The molecule has 22 heavy (non-hydrogen) atoms. The summed E-state index contributed by atoms with van der Waals surface area (Å²) in [6.07, 6.45) is -4.73. The smallest absolute Gasteiger partial charge is 0.433 e. The van der Waals surface area contributed by atoms with Gasteiger partial charge in [0.2, 0.25) is 5.95 Å². The van der Waals surface area contributed by atoms with Crippen molar-refractivity contribution in [3.63, 3.8) is 0 Å². The molecule has 1 heterocycles. The van der Waals surface area contributed by atoms with Crippen LogP contribution >= 0.6 is 0 Å². The van der Waals surface area contributed by atoms with Crippen LogP contribution in [0.5, 0.6) is 0 Å². The quantitative estimate of drug-likeness (QED) is 0.803. The molecule has 0 aliphatic carbocycles. The zero-order valence-corrected chi connectivity index (χ0v) is 10.9. The van der Waals surface area contributed by atoms with Gasteiger partial charge >= 0.3 is 12.1 Å². The summed E-state index contributed by atoms with van der Waals surface area (Å²) in [5, 5.41) is 11.4. The van der Waals surface area contributed by atoms with Crippen molar-refractivity contribution in [1.29, 1.82) is 0 Å². The van der Waals surface area contributed by atoms with Crippen molar-refractivity contribution in [1.82, 2.24) is 9.97 Å². The van der Waals surface area contributed by atoms with E-state index in [9.17, 15) is 22.8 Å². The number of carboxylic acid groups (broad SMARTS) is 1. The molecule has 116 valence electrons. The number of anilines is 1. The van der Waals surface area contributed by atoms with E-state index in [-0.39, 0.29) is 18.1 Å². The molecule has 0 fully saturated rings. The molecule has 9 heteroatoms. The van der Waals surface area contributed by atoms with E-state index in [4.69, 9.17) is 5.11 Å². The number of aromatic nitrogens is 2. The molecule has 0 saturated carbocycles. The molecule has 0 unspecified atom stereocenters. The zero-order chi connectivity index (χ0) is 16.3. The maximum atomic E-state index is 12.5. The highest BCUT2D eigenvalue weighted by Crippen LogP contribution is 2.26. The summed E-state index contributed by atoms with van der Waals surface area (Å²) in [6.45, 7) is 0.00533. The number of alkyl halides is 3. The molecule has 1 aromatic heterocycles. The number of hydrogen-bond acceptors (Lipinski definition) is 4. The van der Waals surface area contributed by atoms with Gasteiger partial charge in [0.1, 0.15) is 0 Å². The zero-order valence-electron chi connectivity index (χ0n) is 10.9. The van der Waals surface area contributed by atoms with Gasteiger partial charge in [-0.25, -0.2) is 9.78 Å². The van der Waals surface area contributed by atoms with E-state index in [1.54, 1.807) is 6.07 Å². The van der Waals surface area contributed by atoms with Crippen LogP contribution in [-0.4, -0.2) is 21.0 Å². The Balaban J connectivity index is 2.18. The van der Waals surface area contributed by atoms with E-state index in [1.807, 2.05) is 0 Å². The lowest BCUT2D eigenvalue weighted by Gasteiger charge is -2.09. The second-order valence-corrected chi connectivity index (χ2v) is 4.34. The molecule has 0 aliphatic heterocycles. The maximum Gasteiger partial charge on any atom is 0.433 e. The molecule has 0 radical (unpaired) electrons. The molecule has 0 saturated heterocycles. The van der Waals surface area contributed by atoms with Crippen molar-refractivity contribution >= 4 is 11.9 Å². The number of halogens is 3. The lowest BCUT2D eigenvalue weighted by Crippen LogP contribution is -2.18. The number of nitrogens with zero attached hydrogens (tertiary/aromatic N) is 1. The minimum absolute atomic E-state index is 0.00533. The fourth-order valence-corrected chi connectivity index (χ4v) is 1.69. The number of H-pyrrole nitrogens is 1. The molecule has 2 rings (SSSR count). The predicted octanol–water partition coefficient (Wildman–Crippen LogP) is 2.10. The minimum atomic E-state index is -4.73. The standard InChI is InChI=1S/C13H10F3N3O3/c14-13(15,16)9-5-10(20)19-12(18-9)17-6-7-2-1-3-8(4-7)11(21)22/h1-5H,6H2,(H,21,22)(H2,17,18,19,20). The molecule has 1 aromatic carbocycles. The molecule has 0 spiro atoms. The average Bonchev–Trinajstić information content (AvgIpc) is 2.44. The Morgan fingerprint density at radius 2 is 2.05 bits per heavy atom. The number of benzene rings is 1. The van der Waals surface area contributed by atoms with Crippen LogP contribution in [0.1, 0.15) is 21.6 Å². The maximum absolute atomic E-state index is 12.5. The minimum Gasteiger partial charge on any atom is -0.478 e. The first-order valence-corrected chi connectivity index (χ1v) is 6.00. The highest BCUT2D eigenvalue weighted by atomic mass is 19.4. The number of rotatable bonds is 4. The third-order valence-corrected chi connectivity index (χ3v) is 2.67. The third kappa shape index (κ3) is 3.84. The van der Waals surface area contributed by atoms with Crippen molar-refractivity contribution < 1.29 is 23.1 Å². The monoisotopic (exact) mass is 313 g/mol. The molecular formula is C13H10F3N3O3. The second kappa shape index (κ2) is 5.88. The van der Waals surface area contributed by atoms with Gasteiger partial charge in [-0.15, -0.1) is 0 Å². The molecular weight excluding hydrogens is 303 g/mol. The van der Waals surface area contributed by atoms with Gasteiger partial charge in [-0.3, -0.25) is 9.78 Å². The van der Waals surface area contributed by atoms with Crippen LogP contribution in [0.3, 0.4) is 0 Å². The van der Waals surface area contributed by atoms with Crippen molar-refractivity contribution in [2.75, 3.05) is 5.32 Å². The fourth-order valence-electron chi connectivity index (χ4n) is 1.69. The van der Waals surface area contributed by atoms with Crippen molar-refractivity contribution in [3.8, 4) is 0 Å². The SMILES string of the molecule is O=C(O)c1cccc(CNc2nc(C(F)(F)F)cc(=O)[nH]2)c1. The van der Waals surface area contributed by atoms with Crippen LogP contribution in [0, 0.1) is 0 Å². The van der Waals surface area contributed by atoms with Crippen LogP contribution < -0.4 is 10.9 Å². The molecule has 0 bridgehead atoms. The Morgan fingerprint density at radius 3 is 2.68 bits per heavy atom. The molecule has 3 N–H and O–H groups in total. The number of nitrogens with one attached hydrogen (secondary N) is 2. The van der Waals surface area contributed by atoms with Gasteiger partial charge in [-0.1, -0.05) is 12.1 Å². The summed E-state index contributed by atoms with van der Waals surface area (Å²) in [5.74, 6) is -1.46. The molecule has 6 nitrogen and oxygen atoms in total. The van der Waals surface area contributed by atoms with Crippen molar-refractivity contribution in [3.05, 3.63) is 57.5 Å². The highest BCUT2D eigenvalue weighted by Gasteiger charge is 2.33. The second-order valence-electron chi connectivity index (χ2n) is 4.34. The van der Waals surface area contributed by atoms with E-state index in [2.05, 4.69) is 15.3 Å². The summed E-state index contributed by atoms with van der Waals surface area (Å²) in [4.78, 5) is 27.4. The number of hydrogen-bond donors (Lipinski definition) is 3. The average molecular weight is 313 g/mol. The number of carbonyl (C=O) groups is 1. The molecule has 0 aliphatic rings. The summed E-state index contributed by atoms with van der Waals surface area (Å²) >= 11 is 0. The molecule has 0 amide bonds. The largest absolute Gasteiger partial charge is 0.478 e. The van der Waals surface area contributed by atoms with Crippen LogP contribution in [0.25, 0.3) is 0 Å². The first kappa shape index (κ1) is 15.5. The Kier molecular flexibility index (Phi) is 4.15. The van der Waals surface area contributed by atoms with E-state index in [0.29, 0.717) is 11.6 Å². The lowest BCUT2D eigenvalue weighted by molar-refractivity contribution is -0.141. The number of carboxylic acids is 1. The Hall–Kier alpha value is -2.84. The lowest BCUT2D eigenvalue weighted by atomic mass is 10.1. The van der Waals surface area contributed by atoms with Gasteiger partial charge < -0.3 is 10.4 Å². The molecule has 2 aromatic rings. The van der Waals surface area contributed by atoms with E-state index >= 15 is 0 Å². The first-order chi connectivity index (χ1) is 10.3. The van der Waals surface area contributed by atoms with Gasteiger partial charge in [-0.2, -0.15) is 13.2 Å². The number of aromatic amines is 1.